The Labute approximate surface area is 267 Å². The summed E-state index contributed by atoms with van der Waals surface area (Å²) in [5, 5.41) is 15.3. The Morgan fingerprint density at radius 2 is 1.83 bits per heavy atom. The van der Waals surface area contributed by atoms with E-state index in [-0.39, 0.29) is 30.1 Å². The van der Waals surface area contributed by atoms with Crippen molar-refractivity contribution in [1.82, 2.24) is 14.8 Å². The van der Waals surface area contributed by atoms with Crippen LogP contribution in [0.3, 0.4) is 0 Å². The van der Waals surface area contributed by atoms with Crippen LogP contribution in [0.4, 0.5) is 18.9 Å². The van der Waals surface area contributed by atoms with Crippen molar-refractivity contribution in [2.24, 2.45) is 4.99 Å². The van der Waals surface area contributed by atoms with Gasteiger partial charge in [-0.2, -0.15) is 0 Å². The van der Waals surface area contributed by atoms with Gasteiger partial charge in [0.05, 0.1) is 29.8 Å². The maximum absolute atomic E-state index is 12.8. The second-order valence-electron chi connectivity index (χ2n) is 10.4. The minimum absolute atomic E-state index is 0.0417. The lowest BCUT2D eigenvalue weighted by molar-refractivity contribution is -0.274. The molecule has 3 aromatic carbocycles. The number of rotatable bonds is 12. The minimum Gasteiger partial charge on any atom is -0.489 e. The maximum atomic E-state index is 12.8. The minimum atomic E-state index is -4.76. The first-order chi connectivity index (χ1) is 22.0. The number of aliphatic hydroxyl groups excluding tert-OH is 1. The van der Waals surface area contributed by atoms with Crippen LogP contribution in [0.1, 0.15) is 31.4 Å². The van der Waals surface area contributed by atoms with Gasteiger partial charge in [0.15, 0.2) is 11.0 Å². The number of aliphatic imine (C=N–C) groups is 1. The molecular weight excluding hydrogens is 623 g/mol. The van der Waals surface area contributed by atoms with Crippen molar-refractivity contribution in [3.05, 3.63) is 84.2 Å². The number of amides is 1. The predicted molar refractivity (Wildman–Crippen MR) is 168 cm³/mol. The summed E-state index contributed by atoms with van der Waals surface area (Å²) in [7, 11) is 0. The molecule has 242 valence electrons. The second-order valence-corrected chi connectivity index (χ2v) is 11.4. The standard InChI is InChI=1S/C32H32F3N5O5S/c1-4-21(3)44-27-14-5-20(2)17-26(27)40-28(41)18-46-30(40)37-31(42)43-16-15-22-6-8-23(9-7-22)29-36-19-39(38-29)24-10-12-25(13-11-24)45-32(33,34)35/h5-14,17,19,21,31,42H,4,15-16,18H2,1-3H3. The van der Waals surface area contributed by atoms with Gasteiger partial charge in [0.2, 0.25) is 5.91 Å². The quantitative estimate of drug-likeness (QED) is 0.177. The van der Waals surface area contributed by atoms with Gasteiger partial charge in [0, 0.05) is 5.56 Å². The van der Waals surface area contributed by atoms with Gasteiger partial charge < -0.3 is 19.3 Å². The molecule has 1 saturated heterocycles. The van der Waals surface area contributed by atoms with E-state index >= 15 is 0 Å². The van der Waals surface area contributed by atoms with E-state index in [1.807, 2.05) is 63.2 Å². The molecule has 0 aliphatic carbocycles. The SMILES string of the molecule is CCC(C)Oc1ccc(C)cc1N1C(=O)CSC1=NC(O)OCCc1ccc(-c2ncn(-c3ccc(OC(F)(F)F)cc3)n2)cc1. The number of hydrogen-bond acceptors (Lipinski definition) is 9. The van der Waals surface area contributed by atoms with Crippen LogP contribution in [-0.4, -0.2) is 62.2 Å². The second kappa shape index (κ2) is 14.4. The molecule has 1 amide bonds. The van der Waals surface area contributed by atoms with Crippen LogP contribution in [-0.2, 0) is 16.0 Å². The van der Waals surface area contributed by atoms with Crippen molar-refractivity contribution in [1.29, 1.82) is 0 Å². The number of aromatic nitrogens is 3. The van der Waals surface area contributed by atoms with Crippen molar-refractivity contribution < 1.29 is 37.3 Å². The Morgan fingerprint density at radius 1 is 1.09 bits per heavy atom. The highest BCUT2D eigenvalue weighted by Crippen LogP contribution is 2.36. The Kier molecular flexibility index (Phi) is 10.3. The summed E-state index contributed by atoms with van der Waals surface area (Å²) >= 11 is 1.22. The number of benzene rings is 3. The van der Waals surface area contributed by atoms with Crippen molar-refractivity contribution in [2.75, 3.05) is 17.3 Å². The molecule has 2 heterocycles. The summed E-state index contributed by atoms with van der Waals surface area (Å²) in [5.74, 6) is 0.699. The van der Waals surface area contributed by atoms with E-state index < -0.39 is 12.8 Å². The molecule has 46 heavy (non-hydrogen) atoms. The lowest BCUT2D eigenvalue weighted by atomic mass is 10.1. The number of alkyl halides is 3. The van der Waals surface area contributed by atoms with Gasteiger partial charge in [-0.1, -0.05) is 49.0 Å². The van der Waals surface area contributed by atoms with E-state index in [1.54, 1.807) is 0 Å². The summed E-state index contributed by atoms with van der Waals surface area (Å²) in [6.45, 7) is 6.08. The van der Waals surface area contributed by atoms with Crippen LogP contribution < -0.4 is 14.4 Å². The third-order valence-corrected chi connectivity index (χ3v) is 7.88. The third-order valence-electron chi connectivity index (χ3n) is 6.94. The fourth-order valence-electron chi connectivity index (χ4n) is 4.45. The predicted octanol–water partition coefficient (Wildman–Crippen LogP) is 6.29. The van der Waals surface area contributed by atoms with Crippen LogP contribution in [0.5, 0.6) is 11.5 Å². The summed E-state index contributed by atoms with van der Waals surface area (Å²) in [5.41, 5.74) is 3.72. The van der Waals surface area contributed by atoms with Crippen LogP contribution in [0.25, 0.3) is 17.1 Å². The number of nitrogens with zero attached hydrogens (tertiary/aromatic N) is 5. The lowest BCUT2D eigenvalue weighted by Crippen LogP contribution is -2.31. The zero-order valence-electron chi connectivity index (χ0n) is 25.3. The first-order valence-corrected chi connectivity index (χ1v) is 15.5. The maximum Gasteiger partial charge on any atom is 0.573 e. The molecule has 14 heteroatoms. The fraction of sp³-hybridized carbons (Fsp3) is 0.312. The number of thioether (sulfide) groups is 1. The number of carbonyl (C=O) groups is 1. The van der Waals surface area contributed by atoms with Gasteiger partial charge in [0.25, 0.3) is 6.41 Å². The number of carbonyl (C=O) groups excluding carboxylic acids is 1. The molecule has 0 bridgehead atoms. The highest BCUT2D eigenvalue weighted by atomic mass is 32.2. The average Bonchev–Trinajstić information content (AvgIpc) is 3.65. The average molecular weight is 656 g/mol. The number of anilines is 1. The van der Waals surface area contributed by atoms with Gasteiger partial charge in [-0.25, -0.2) is 14.7 Å². The van der Waals surface area contributed by atoms with Crippen LogP contribution in [0, 0.1) is 6.92 Å². The van der Waals surface area contributed by atoms with E-state index in [4.69, 9.17) is 9.47 Å². The molecule has 0 radical (unpaired) electrons. The zero-order valence-corrected chi connectivity index (χ0v) is 26.1. The molecule has 2 unspecified atom stereocenters. The molecule has 1 aliphatic heterocycles. The first-order valence-electron chi connectivity index (χ1n) is 14.5. The highest BCUT2D eigenvalue weighted by molar-refractivity contribution is 8.15. The summed E-state index contributed by atoms with van der Waals surface area (Å²) in [6.07, 6.45) is -3.52. The van der Waals surface area contributed by atoms with E-state index in [0.29, 0.717) is 34.5 Å². The number of ether oxygens (including phenoxy) is 3. The molecule has 1 aromatic heterocycles. The smallest absolute Gasteiger partial charge is 0.489 e. The van der Waals surface area contributed by atoms with Gasteiger partial charge in [-0.05, 0) is 74.2 Å². The zero-order chi connectivity index (χ0) is 32.8. The topological polar surface area (TPSA) is 111 Å². The van der Waals surface area contributed by atoms with Crippen molar-refractivity contribution in [2.45, 2.75) is 52.5 Å². The number of amidine groups is 1. The highest BCUT2D eigenvalue weighted by Gasteiger charge is 2.33. The Balaban J connectivity index is 1.17. The number of halogens is 3. The Morgan fingerprint density at radius 3 is 2.52 bits per heavy atom. The largest absolute Gasteiger partial charge is 0.573 e. The summed E-state index contributed by atoms with van der Waals surface area (Å²) < 4.78 is 54.2. The van der Waals surface area contributed by atoms with E-state index in [9.17, 15) is 23.1 Å². The molecule has 0 saturated carbocycles. The number of aryl methyl sites for hydroxylation is 1. The Bertz CT molecular complexity index is 1680. The molecule has 1 aliphatic rings. The molecule has 5 rings (SSSR count). The fourth-order valence-corrected chi connectivity index (χ4v) is 5.33. The van der Waals surface area contributed by atoms with Crippen molar-refractivity contribution in [3.8, 4) is 28.6 Å². The first kappa shape index (κ1) is 33.0. The number of hydrogen-bond donors (Lipinski definition) is 1. The van der Waals surface area contributed by atoms with E-state index in [2.05, 4.69) is 19.8 Å². The molecule has 10 nitrogen and oxygen atoms in total. The van der Waals surface area contributed by atoms with Gasteiger partial charge in [0.1, 0.15) is 17.8 Å². The molecule has 4 aromatic rings. The normalized spacial score (nSPS) is 15.8. The van der Waals surface area contributed by atoms with Gasteiger partial charge in [-0.15, -0.1) is 18.3 Å². The van der Waals surface area contributed by atoms with Crippen LogP contribution in [0.2, 0.25) is 0 Å². The van der Waals surface area contributed by atoms with E-state index in [0.717, 1.165) is 23.1 Å². The van der Waals surface area contributed by atoms with Gasteiger partial charge >= 0.3 is 6.36 Å². The summed E-state index contributed by atoms with van der Waals surface area (Å²) in [4.78, 5) is 22.9. The molecular formula is C32H32F3N5O5S. The lowest BCUT2D eigenvalue weighted by Gasteiger charge is -2.23. The van der Waals surface area contributed by atoms with Crippen molar-refractivity contribution in [3.63, 3.8) is 0 Å². The van der Waals surface area contributed by atoms with E-state index in [1.165, 1.54) is 51.9 Å². The van der Waals surface area contributed by atoms with Crippen LogP contribution >= 0.6 is 11.8 Å². The monoisotopic (exact) mass is 655 g/mol. The molecule has 0 spiro atoms. The summed E-state index contributed by atoms with van der Waals surface area (Å²) in [6, 6.07) is 18.4. The number of aliphatic hydroxyl groups is 1. The molecule has 1 N–H and O–H groups in total. The Hall–Kier alpha value is -4.40. The van der Waals surface area contributed by atoms with Crippen molar-refractivity contribution >= 4 is 28.5 Å². The third kappa shape index (κ3) is 8.44. The molecule has 2 atom stereocenters. The molecule has 1 fully saturated rings. The van der Waals surface area contributed by atoms with Gasteiger partial charge in [-0.3, -0.25) is 9.69 Å². The van der Waals surface area contributed by atoms with Crippen LogP contribution in [0.15, 0.2) is 78.0 Å².